The maximum absolute atomic E-state index is 15.6. The molecular weight excluding hydrogens is 525 g/mol. The van der Waals surface area contributed by atoms with Crippen LogP contribution in [0.25, 0.3) is 16.7 Å². The molecule has 41 heavy (non-hydrogen) atoms. The molecule has 3 saturated heterocycles. The maximum Gasteiger partial charge on any atom is 0.246 e. The Morgan fingerprint density at radius 3 is 2.80 bits per heavy atom. The number of nitrogens with one attached hydrogen (secondary N) is 1. The Morgan fingerprint density at radius 1 is 1.10 bits per heavy atom. The first kappa shape index (κ1) is 24.9. The zero-order chi connectivity index (χ0) is 28.1. The predicted octanol–water partition coefficient (Wildman–Crippen LogP) is 4.42. The van der Waals surface area contributed by atoms with E-state index in [1.807, 2.05) is 17.0 Å². The number of hydrogen-bond donors (Lipinski definition) is 1. The molecule has 3 aliphatic rings. The number of rotatable bonds is 6. The molecule has 12 heteroatoms. The van der Waals surface area contributed by atoms with E-state index in [9.17, 15) is 4.79 Å². The summed E-state index contributed by atoms with van der Waals surface area (Å²) in [5.74, 6) is 1.59. The highest BCUT2D eigenvalue weighted by Gasteiger charge is 2.41. The van der Waals surface area contributed by atoms with E-state index in [1.54, 1.807) is 41.9 Å². The molecule has 3 aliphatic heterocycles. The number of hydrogen-bond acceptors (Lipinski definition) is 9. The topological polar surface area (TPSA) is 114 Å². The van der Waals surface area contributed by atoms with Gasteiger partial charge in [-0.05, 0) is 56.2 Å². The molecule has 1 amide bonds. The van der Waals surface area contributed by atoms with Gasteiger partial charge in [0, 0.05) is 43.0 Å². The van der Waals surface area contributed by atoms with E-state index in [0.29, 0.717) is 52.7 Å². The average Bonchev–Trinajstić information content (AvgIpc) is 3.48. The first-order chi connectivity index (χ1) is 20.0. The van der Waals surface area contributed by atoms with Crippen LogP contribution in [-0.2, 0) is 4.79 Å². The molecule has 2 atom stereocenters. The molecule has 0 radical (unpaired) electrons. The minimum atomic E-state index is -0.464. The number of carbonyl (C=O) groups excluding carboxylic acids is 1. The summed E-state index contributed by atoms with van der Waals surface area (Å²) < 4.78 is 23.2. The number of fused-ring (bicyclic) bond motifs is 5. The van der Waals surface area contributed by atoms with Gasteiger partial charge in [0.1, 0.15) is 35.5 Å². The summed E-state index contributed by atoms with van der Waals surface area (Å²) in [5, 5.41) is 7.19. The van der Waals surface area contributed by atoms with E-state index in [-0.39, 0.29) is 23.7 Å². The molecule has 8 rings (SSSR count). The van der Waals surface area contributed by atoms with Gasteiger partial charge in [0.2, 0.25) is 5.91 Å². The minimum Gasteiger partial charge on any atom is -0.457 e. The molecule has 206 valence electrons. The van der Waals surface area contributed by atoms with Crippen molar-refractivity contribution in [3.63, 3.8) is 0 Å². The highest BCUT2D eigenvalue weighted by atomic mass is 19.1. The van der Waals surface area contributed by atoms with Crippen LogP contribution >= 0.6 is 0 Å². The van der Waals surface area contributed by atoms with Crippen LogP contribution in [0.1, 0.15) is 18.4 Å². The van der Waals surface area contributed by atoms with Crippen LogP contribution in [0.2, 0.25) is 0 Å². The summed E-state index contributed by atoms with van der Waals surface area (Å²) in [6.45, 7) is 6.63. The molecule has 1 aromatic carbocycles. The van der Waals surface area contributed by atoms with Crippen molar-refractivity contribution in [3.8, 4) is 11.5 Å². The number of nitrogens with zero attached hydrogens (tertiary/aromatic N) is 8. The number of aromatic nitrogens is 6. The van der Waals surface area contributed by atoms with E-state index >= 15 is 4.39 Å². The van der Waals surface area contributed by atoms with Crippen LogP contribution < -0.4 is 15.0 Å². The largest absolute Gasteiger partial charge is 0.457 e. The number of carbonyl (C=O) groups is 1. The third-order valence-electron chi connectivity index (χ3n) is 7.82. The summed E-state index contributed by atoms with van der Waals surface area (Å²) in [6, 6.07) is 10.9. The molecule has 2 bridgehead atoms. The van der Waals surface area contributed by atoms with Gasteiger partial charge in [0.15, 0.2) is 17.3 Å². The quantitative estimate of drug-likeness (QED) is 0.307. The number of piperazine rings is 1. The number of amides is 1. The van der Waals surface area contributed by atoms with Gasteiger partial charge in [-0.1, -0.05) is 6.58 Å². The Labute approximate surface area is 234 Å². The van der Waals surface area contributed by atoms with Gasteiger partial charge in [0.25, 0.3) is 0 Å². The molecule has 0 unspecified atom stereocenters. The Kier molecular flexibility index (Phi) is 5.95. The number of piperidine rings is 2. The number of anilines is 3. The predicted molar refractivity (Wildman–Crippen MR) is 151 cm³/mol. The van der Waals surface area contributed by atoms with E-state index in [2.05, 4.69) is 36.8 Å². The second kappa shape index (κ2) is 9.81. The molecule has 5 aromatic rings. The first-order valence-corrected chi connectivity index (χ1v) is 13.3. The Morgan fingerprint density at radius 2 is 1.98 bits per heavy atom. The van der Waals surface area contributed by atoms with Crippen molar-refractivity contribution in [2.24, 2.45) is 0 Å². The number of pyridine rings is 2. The minimum absolute atomic E-state index is 0.0316. The summed E-state index contributed by atoms with van der Waals surface area (Å²) in [7, 11) is 0. The van der Waals surface area contributed by atoms with Gasteiger partial charge in [-0.2, -0.15) is 5.10 Å². The molecule has 0 aliphatic carbocycles. The maximum atomic E-state index is 15.6. The molecule has 0 spiro atoms. The van der Waals surface area contributed by atoms with E-state index in [1.165, 1.54) is 18.7 Å². The Balaban J connectivity index is 1.15. The van der Waals surface area contributed by atoms with Crippen molar-refractivity contribution < 1.29 is 13.9 Å². The monoisotopic (exact) mass is 551 g/mol. The van der Waals surface area contributed by atoms with Crippen LogP contribution in [0.4, 0.5) is 21.7 Å². The highest BCUT2D eigenvalue weighted by Crippen LogP contribution is 2.35. The molecule has 3 fully saturated rings. The van der Waals surface area contributed by atoms with Gasteiger partial charge in [-0.3, -0.25) is 4.79 Å². The standard InChI is InChI=1S/C29H26FN9O2/c1-3-26(40)38-14-18-4-5-19(38)13-37(18)24-9-7-22-28(36-24)29(33-15-31-22)35-21-6-8-23(17(2)27(21)30)41-20-10-11-39-25(12-20)32-16-34-39/h3,6-12,15-16,18-19H,1,4-5,13-14H2,2H3,(H,31,33,35)/t18-,19-/m1/s1. The molecule has 4 aromatic heterocycles. The molecular formula is C29H26FN9O2. The Hall–Kier alpha value is -5.13. The average molecular weight is 552 g/mol. The second-order valence-corrected chi connectivity index (χ2v) is 10.2. The van der Waals surface area contributed by atoms with Crippen molar-refractivity contribution in [1.29, 1.82) is 0 Å². The lowest BCUT2D eigenvalue weighted by atomic mass is 9.90. The summed E-state index contributed by atoms with van der Waals surface area (Å²) >= 11 is 0. The lowest BCUT2D eigenvalue weighted by Gasteiger charge is -2.51. The van der Waals surface area contributed by atoms with Gasteiger partial charge < -0.3 is 19.9 Å². The third kappa shape index (κ3) is 4.37. The van der Waals surface area contributed by atoms with Crippen molar-refractivity contribution >= 4 is 39.9 Å². The number of benzene rings is 1. The van der Waals surface area contributed by atoms with Crippen molar-refractivity contribution in [1.82, 2.24) is 34.4 Å². The van der Waals surface area contributed by atoms with E-state index < -0.39 is 5.82 Å². The highest BCUT2D eigenvalue weighted by molar-refractivity contribution is 5.89. The molecule has 11 nitrogen and oxygen atoms in total. The van der Waals surface area contributed by atoms with Gasteiger partial charge in [-0.15, -0.1) is 0 Å². The fraction of sp³-hybridized carbons (Fsp3) is 0.241. The molecule has 1 N–H and O–H groups in total. The molecule has 0 saturated carbocycles. The summed E-state index contributed by atoms with van der Waals surface area (Å²) in [6.07, 6.45) is 7.93. The van der Waals surface area contributed by atoms with Crippen molar-refractivity contribution in [2.45, 2.75) is 31.8 Å². The fourth-order valence-electron chi connectivity index (χ4n) is 5.67. The molecule has 7 heterocycles. The lowest BCUT2D eigenvalue weighted by molar-refractivity contribution is -0.131. The van der Waals surface area contributed by atoms with Crippen LogP contribution in [0.5, 0.6) is 11.5 Å². The zero-order valence-corrected chi connectivity index (χ0v) is 22.2. The van der Waals surface area contributed by atoms with Crippen molar-refractivity contribution in [3.05, 3.63) is 79.3 Å². The van der Waals surface area contributed by atoms with Crippen molar-refractivity contribution in [2.75, 3.05) is 23.3 Å². The van der Waals surface area contributed by atoms with Crippen LogP contribution in [0, 0.1) is 12.7 Å². The summed E-state index contributed by atoms with van der Waals surface area (Å²) in [4.78, 5) is 34.3. The van der Waals surface area contributed by atoms with Gasteiger partial charge in [-0.25, -0.2) is 28.8 Å². The zero-order valence-electron chi connectivity index (χ0n) is 22.2. The van der Waals surface area contributed by atoms with E-state index in [4.69, 9.17) is 9.72 Å². The van der Waals surface area contributed by atoms with Gasteiger partial charge >= 0.3 is 0 Å². The fourth-order valence-corrected chi connectivity index (χ4v) is 5.67. The van der Waals surface area contributed by atoms with E-state index in [0.717, 1.165) is 18.7 Å². The first-order valence-electron chi connectivity index (χ1n) is 13.3. The van der Waals surface area contributed by atoms with Crippen LogP contribution in [-0.4, -0.2) is 65.5 Å². The Bertz CT molecular complexity index is 1820. The van der Waals surface area contributed by atoms with Crippen LogP contribution in [0.3, 0.4) is 0 Å². The SMILES string of the molecule is C=CC(=O)N1C[C@H]2CC[C@@H]1CN2c1ccc2ncnc(Nc3ccc(Oc4ccn5ncnc5c4)c(C)c3F)c2n1. The summed E-state index contributed by atoms with van der Waals surface area (Å²) in [5.41, 5.74) is 2.38. The second-order valence-electron chi connectivity index (χ2n) is 10.2. The van der Waals surface area contributed by atoms with Crippen LogP contribution in [0.15, 0.2) is 67.9 Å². The van der Waals surface area contributed by atoms with Gasteiger partial charge in [0.05, 0.1) is 11.2 Å². The third-order valence-corrected chi connectivity index (χ3v) is 7.82. The number of ether oxygens (including phenoxy) is 1. The smallest absolute Gasteiger partial charge is 0.246 e. The lowest BCUT2D eigenvalue weighted by Crippen LogP contribution is -2.64. The number of halogens is 1. The normalized spacial score (nSPS) is 18.2.